The number of hydrogen-bond donors (Lipinski definition) is 2. The summed E-state index contributed by atoms with van der Waals surface area (Å²) in [6, 6.07) is 4.32. The Hall–Kier alpha value is -1.09. The van der Waals surface area contributed by atoms with Crippen molar-refractivity contribution in [2.24, 2.45) is 0 Å². The molecule has 0 aliphatic rings. The minimum atomic E-state index is 0.923. The van der Waals surface area contributed by atoms with Gasteiger partial charge in [-0.15, -0.1) is 0 Å². The molecule has 0 aliphatic heterocycles. The Kier molecular flexibility index (Phi) is 5.86. The third-order valence-corrected chi connectivity index (χ3v) is 2.44. The van der Waals surface area contributed by atoms with Crippen LogP contribution in [-0.2, 0) is 13.0 Å². The van der Waals surface area contributed by atoms with Gasteiger partial charge >= 0.3 is 0 Å². The number of rotatable bonds is 7. The number of nitrogens with zero attached hydrogens (tertiary/aromatic N) is 1. The first-order chi connectivity index (χ1) is 7.80. The molecule has 0 atom stereocenters. The molecule has 1 rings (SSSR count). The third kappa shape index (κ3) is 4.19. The van der Waals surface area contributed by atoms with E-state index in [1.54, 1.807) is 0 Å². The lowest BCUT2D eigenvalue weighted by atomic mass is 10.2. The number of hydrogen-bond acceptors (Lipinski definition) is 3. The van der Waals surface area contributed by atoms with E-state index in [4.69, 9.17) is 0 Å². The molecule has 3 heteroatoms. The maximum absolute atomic E-state index is 4.56. The van der Waals surface area contributed by atoms with Crippen LogP contribution in [0.2, 0.25) is 0 Å². The fraction of sp³-hybridized carbons (Fsp3) is 0.615. The van der Waals surface area contributed by atoms with E-state index in [1.807, 2.05) is 0 Å². The quantitative estimate of drug-likeness (QED) is 0.743. The number of nitrogens with one attached hydrogen (secondary N) is 2. The zero-order chi connectivity index (χ0) is 11.8. The van der Waals surface area contributed by atoms with Gasteiger partial charge in [-0.3, -0.25) is 0 Å². The van der Waals surface area contributed by atoms with Gasteiger partial charge in [0.15, 0.2) is 0 Å². The highest BCUT2D eigenvalue weighted by Crippen LogP contribution is 2.11. The molecule has 1 aromatic rings. The van der Waals surface area contributed by atoms with Crippen LogP contribution >= 0.6 is 0 Å². The highest BCUT2D eigenvalue weighted by atomic mass is 15.0. The Balaban J connectivity index is 2.74. The van der Waals surface area contributed by atoms with Gasteiger partial charge in [-0.25, -0.2) is 4.98 Å². The van der Waals surface area contributed by atoms with E-state index in [9.17, 15) is 0 Å². The number of aryl methyl sites for hydroxylation is 1. The fourth-order valence-electron chi connectivity index (χ4n) is 1.55. The molecular formula is C13H23N3. The van der Waals surface area contributed by atoms with Crippen molar-refractivity contribution in [3.63, 3.8) is 0 Å². The minimum Gasteiger partial charge on any atom is -0.370 e. The summed E-state index contributed by atoms with van der Waals surface area (Å²) in [7, 11) is 0. The third-order valence-electron chi connectivity index (χ3n) is 2.44. The number of pyridine rings is 1. The molecule has 0 radical (unpaired) electrons. The van der Waals surface area contributed by atoms with Crippen LogP contribution in [0.3, 0.4) is 0 Å². The van der Waals surface area contributed by atoms with Crippen molar-refractivity contribution in [2.75, 3.05) is 18.4 Å². The van der Waals surface area contributed by atoms with Crippen LogP contribution in [0, 0.1) is 0 Å². The van der Waals surface area contributed by atoms with Crippen LogP contribution < -0.4 is 10.6 Å². The van der Waals surface area contributed by atoms with Crippen molar-refractivity contribution in [1.82, 2.24) is 10.3 Å². The molecule has 1 heterocycles. The largest absolute Gasteiger partial charge is 0.370 e. The average Bonchev–Trinajstić information content (AvgIpc) is 2.33. The second-order valence-corrected chi connectivity index (χ2v) is 3.91. The Morgan fingerprint density at radius 1 is 1.19 bits per heavy atom. The van der Waals surface area contributed by atoms with Gasteiger partial charge in [0.25, 0.3) is 0 Å². The maximum Gasteiger partial charge on any atom is 0.126 e. The fourth-order valence-corrected chi connectivity index (χ4v) is 1.55. The summed E-state index contributed by atoms with van der Waals surface area (Å²) in [6.45, 7) is 9.34. The van der Waals surface area contributed by atoms with Crippen LogP contribution in [0.1, 0.15) is 38.4 Å². The highest BCUT2D eigenvalue weighted by molar-refractivity contribution is 5.39. The zero-order valence-corrected chi connectivity index (χ0v) is 10.6. The number of aromatic nitrogens is 1. The molecule has 16 heavy (non-hydrogen) atoms. The molecule has 0 bridgehead atoms. The van der Waals surface area contributed by atoms with E-state index in [-0.39, 0.29) is 0 Å². The van der Waals surface area contributed by atoms with Gasteiger partial charge in [0.05, 0.1) is 0 Å². The summed E-state index contributed by atoms with van der Waals surface area (Å²) in [4.78, 5) is 4.56. The van der Waals surface area contributed by atoms with Crippen molar-refractivity contribution >= 4 is 5.82 Å². The van der Waals surface area contributed by atoms with Crippen molar-refractivity contribution in [3.05, 3.63) is 23.4 Å². The van der Waals surface area contributed by atoms with E-state index in [0.29, 0.717) is 0 Å². The first kappa shape index (κ1) is 13.0. The molecule has 90 valence electrons. The Morgan fingerprint density at radius 2 is 2.00 bits per heavy atom. The topological polar surface area (TPSA) is 37.0 Å². The van der Waals surface area contributed by atoms with Gasteiger partial charge in [-0.1, -0.05) is 20.8 Å². The monoisotopic (exact) mass is 221 g/mol. The second-order valence-electron chi connectivity index (χ2n) is 3.91. The Morgan fingerprint density at radius 3 is 2.62 bits per heavy atom. The molecule has 2 N–H and O–H groups in total. The van der Waals surface area contributed by atoms with E-state index < -0.39 is 0 Å². The van der Waals surface area contributed by atoms with Gasteiger partial charge in [-0.2, -0.15) is 0 Å². The summed E-state index contributed by atoms with van der Waals surface area (Å²) >= 11 is 0. The van der Waals surface area contributed by atoms with E-state index >= 15 is 0 Å². The predicted molar refractivity (Wildman–Crippen MR) is 69.8 cm³/mol. The molecule has 0 amide bonds. The van der Waals surface area contributed by atoms with Crippen LogP contribution in [0.4, 0.5) is 5.82 Å². The second kappa shape index (κ2) is 7.23. The normalized spacial score (nSPS) is 10.4. The average molecular weight is 221 g/mol. The van der Waals surface area contributed by atoms with Crippen molar-refractivity contribution in [2.45, 2.75) is 40.2 Å². The summed E-state index contributed by atoms with van der Waals surface area (Å²) in [5.41, 5.74) is 2.47. The van der Waals surface area contributed by atoms with Crippen LogP contribution in [0.15, 0.2) is 12.1 Å². The summed E-state index contributed by atoms with van der Waals surface area (Å²) < 4.78 is 0. The molecule has 0 aliphatic carbocycles. The van der Waals surface area contributed by atoms with Gasteiger partial charge in [0, 0.05) is 18.8 Å². The van der Waals surface area contributed by atoms with Crippen molar-refractivity contribution in [1.29, 1.82) is 0 Å². The van der Waals surface area contributed by atoms with E-state index in [0.717, 1.165) is 44.0 Å². The van der Waals surface area contributed by atoms with Gasteiger partial charge in [0.1, 0.15) is 5.82 Å². The molecule has 0 fully saturated rings. The molecule has 3 nitrogen and oxygen atoms in total. The van der Waals surface area contributed by atoms with Crippen molar-refractivity contribution < 1.29 is 0 Å². The highest BCUT2D eigenvalue weighted by Gasteiger charge is 2.00. The molecule has 0 saturated heterocycles. The van der Waals surface area contributed by atoms with Gasteiger partial charge in [-0.05, 0) is 37.1 Å². The Bertz CT molecular complexity index is 284. The van der Waals surface area contributed by atoms with E-state index in [1.165, 1.54) is 5.56 Å². The lowest BCUT2D eigenvalue weighted by molar-refractivity contribution is 0.724. The SMILES string of the molecule is CCCNc1cc(CNCC)cc(CC)n1. The summed E-state index contributed by atoms with van der Waals surface area (Å²) in [6.07, 6.45) is 2.11. The molecular weight excluding hydrogens is 198 g/mol. The lowest BCUT2D eigenvalue weighted by Crippen LogP contribution is -2.13. The molecule has 0 spiro atoms. The van der Waals surface area contributed by atoms with E-state index in [2.05, 4.69) is 48.5 Å². The predicted octanol–water partition coefficient (Wildman–Crippen LogP) is 2.58. The molecule has 0 unspecified atom stereocenters. The minimum absolute atomic E-state index is 0.923. The number of anilines is 1. The van der Waals surface area contributed by atoms with Crippen molar-refractivity contribution in [3.8, 4) is 0 Å². The van der Waals surface area contributed by atoms with Gasteiger partial charge in [0.2, 0.25) is 0 Å². The Labute approximate surface area is 98.7 Å². The first-order valence-electron chi connectivity index (χ1n) is 6.24. The smallest absolute Gasteiger partial charge is 0.126 e. The lowest BCUT2D eigenvalue weighted by Gasteiger charge is -2.09. The maximum atomic E-state index is 4.56. The van der Waals surface area contributed by atoms with Crippen LogP contribution in [0.5, 0.6) is 0 Å². The molecule has 0 aromatic carbocycles. The molecule has 0 saturated carbocycles. The molecule has 1 aromatic heterocycles. The van der Waals surface area contributed by atoms with Gasteiger partial charge < -0.3 is 10.6 Å². The first-order valence-corrected chi connectivity index (χ1v) is 6.24. The van der Waals surface area contributed by atoms with Crippen LogP contribution in [0.25, 0.3) is 0 Å². The summed E-state index contributed by atoms with van der Waals surface area (Å²) in [5, 5.41) is 6.69. The standard InChI is InChI=1S/C13H23N3/c1-4-7-15-13-9-11(10-14-6-3)8-12(5-2)16-13/h8-9,14H,4-7,10H2,1-3H3,(H,15,16). The van der Waals surface area contributed by atoms with Crippen LogP contribution in [-0.4, -0.2) is 18.1 Å². The zero-order valence-electron chi connectivity index (χ0n) is 10.6. The summed E-state index contributed by atoms with van der Waals surface area (Å²) in [5.74, 6) is 1.01.